The first kappa shape index (κ1) is 16.3. The molecule has 0 radical (unpaired) electrons. The summed E-state index contributed by atoms with van der Waals surface area (Å²) in [5.74, 6) is 4.00. The van der Waals surface area contributed by atoms with E-state index in [0.29, 0.717) is 6.54 Å². The molecule has 0 aromatic carbocycles. The molecule has 22 heavy (non-hydrogen) atoms. The van der Waals surface area contributed by atoms with E-state index in [-0.39, 0.29) is 6.04 Å². The van der Waals surface area contributed by atoms with Crippen molar-refractivity contribution in [2.24, 2.45) is 0 Å². The summed E-state index contributed by atoms with van der Waals surface area (Å²) < 4.78 is 0. The fraction of sp³-hybridized carbons (Fsp3) is 0.353. The van der Waals surface area contributed by atoms with Crippen LogP contribution in [-0.4, -0.2) is 23.0 Å². The van der Waals surface area contributed by atoms with E-state index in [2.05, 4.69) is 51.4 Å². The highest BCUT2D eigenvalue weighted by atomic mass is 28.3. The Labute approximate surface area is 133 Å². The normalized spacial score (nSPS) is 12.4. The van der Waals surface area contributed by atoms with Gasteiger partial charge in [-0.25, -0.2) is 9.97 Å². The lowest BCUT2D eigenvalue weighted by Gasteiger charge is -2.11. The van der Waals surface area contributed by atoms with Crippen LogP contribution in [0, 0.1) is 11.5 Å². The second-order valence-electron chi connectivity index (χ2n) is 6.25. The van der Waals surface area contributed by atoms with Gasteiger partial charge in [0.05, 0.1) is 11.7 Å². The lowest BCUT2D eigenvalue weighted by Crippen LogP contribution is -2.20. The van der Waals surface area contributed by atoms with Gasteiger partial charge in [-0.15, -0.1) is 5.54 Å². The number of hydrogen-bond donors (Lipinski definition) is 1. The Morgan fingerprint density at radius 2 is 1.86 bits per heavy atom. The van der Waals surface area contributed by atoms with E-state index in [4.69, 9.17) is 0 Å². The molecule has 0 aliphatic rings. The Morgan fingerprint density at radius 3 is 2.45 bits per heavy atom. The second kappa shape index (κ2) is 7.30. The molecule has 0 amide bonds. The Kier molecular flexibility index (Phi) is 5.42. The predicted octanol–water partition coefficient (Wildman–Crippen LogP) is 2.95. The molecular formula is C17H22N4Si. The highest BCUT2D eigenvalue weighted by Crippen LogP contribution is 2.07. The topological polar surface area (TPSA) is 50.7 Å². The number of aromatic nitrogens is 3. The third-order valence-corrected chi connectivity index (χ3v) is 3.84. The van der Waals surface area contributed by atoms with Crippen LogP contribution in [0.1, 0.15) is 30.0 Å². The molecule has 5 heteroatoms. The van der Waals surface area contributed by atoms with Crippen LogP contribution in [0.4, 0.5) is 0 Å². The van der Waals surface area contributed by atoms with Crippen molar-refractivity contribution in [2.75, 3.05) is 0 Å². The molecule has 0 saturated heterocycles. The van der Waals surface area contributed by atoms with Gasteiger partial charge in [0.1, 0.15) is 13.9 Å². The highest BCUT2D eigenvalue weighted by molar-refractivity contribution is 6.83. The Balaban J connectivity index is 1.93. The quantitative estimate of drug-likeness (QED) is 0.697. The number of rotatable bonds is 4. The molecule has 1 atom stereocenters. The third-order valence-electron chi connectivity index (χ3n) is 2.97. The zero-order valence-corrected chi connectivity index (χ0v) is 14.6. The van der Waals surface area contributed by atoms with E-state index in [9.17, 15) is 0 Å². The molecule has 1 N–H and O–H groups in total. The number of hydrogen-bond acceptors (Lipinski definition) is 4. The molecule has 0 aliphatic heterocycles. The first-order valence-electron chi connectivity index (χ1n) is 7.42. The van der Waals surface area contributed by atoms with Crippen molar-refractivity contribution in [1.29, 1.82) is 0 Å². The second-order valence-corrected chi connectivity index (χ2v) is 11.0. The molecule has 0 fully saturated rings. The molecule has 1 unspecified atom stereocenters. The van der Waals surface area contributed by atoms with Crippen LogP contribution in [0.5, 0.6) is 0 Å². The van der Waals surface area contributed by atoms with E-state index < -0.39 is 8.07 Å². The van der Waals surface area contributed by atoms with Crippen LogP contribution in [-0.2, 0) is 6.54 Å². The molecule has 0 saturated carbocycles. The first-order chi connectivity index (χ1) is 10.4. The lowest BCUT2D eigenvalue weighted by atomic mass is 10.2. The maximum absolute atomic E-state index is 4.45. The number of nitrogens with zero attached hydrogens (tertiary/aromatic N) is 3. The maximum atomic E-state index is 4.45. The van der Waals surface area contributed by atoms with Gasteiger partial charge in [0, 0.05) is 30.7 Å². The minimum Gasteiger partial charge on any atom is -0.302 e. The summed E-state index contributed by atoms with van der Waals surface area (Å²) in [5.41, 5.74) is 5.31. The van der Waals surface area contributed by atoms with Crippen LogP contribution < -0.4 is 5.32 Å². The van der Waals surface area contributed by atoms with Crippen LogP contribution in [0.2, 0.25) is 19.6 Å². The molecular weight excluding hydrogens is 288 g/mol. The van der Waals surface area contributed by atoms with Crippen molar-refractivity contribution in [3.63, 3.8) is 0 Å². The maximum Gasteiger partial charge on any atom is 0.144 e. The van der Waals surface area contributed by atoms with Crippen LogP contribution in [0.3, 0.4) is 0 Å². The van der Waals surface area contributed by atoms with Crippen molar-refractivity contribution in [2.45, 2.75) is 39.2 Å². The van der Waals surface area contributed by atoms with Gasteiger partial charge in [-0.3, -0.25) is 4.98 Å². The van der Waals surface area contributed by atoms with E-state index in [0.717, 1.165) is 17.1 Å². The highest BCUT2D eigenvalue weighted by Gasteiger charge is 2.08. The fourth-order valence-corrected chi connectivity index (χ4v) is 2.27. The molecule has 2 aromatic rings. The van der Waals surface area contributed by atoms with E-state index in [1.807, 2.05) is 31.3 Å². The lowest BCUT2D eigenvalue weighted by molar-refractivity contribution is 0.540. The van der Waals surface area contributed by atoms with Gasteiger partial charge in [-0.2, -0.15) is 0 Å². The van der Waals surface area contributed by atoms with Crippen molar-refractivity contribution in [1.82, 2.24) is 20.3 Å². The molecule has 2 aromatic heterocycles. The standard InChI is InChI=1S/C17H22N4Si/c1-14(17-18-9-5-10-19-17)20-13-16-7-6-15(12-21-16)8-11-22(2,3)4/h5-7,9-10,12,14,20H,13H2,1-4H3. The monoisotopic (exact) mass is 310 g/mol. The predicted molar refractivity (Wildman–Crippen MR) is 91.7 cm³/mol. The molecule has 2 heterocycles. The van der Waals surface area contributed by atoms with Crippen LogP contribution in [0.15, 0.2) is 36.8 Å². The molecule has 4 nitrogen and oxygen atoms in total. The molecule has 0 spiro atoms. The minimum atomic E-state index is -1.34. The summed E-state index contributed by atoms with van der Waals surface area (Å²) in [5, 5.41) is 3.37. The van der Waals surface area contributed by atoms with Crippen molar-refractivity contribution < 1.29 is 0 Å². The SMILES string of the molecule is CC(NCc1ccc(C#C[Si](C)(C)C)cn1)c1ncccn1. The van der Waals surface area contributed by atoms with Crippen molar-refractivity contribution in [3.05, 3.63) is 53.9 Å². The molecule has 2 rings (SSSR count). The summed E-state index contributed by atoms with van der Waals surface area (Å²) in [7, 11) is -1.34. The van der Waals surface area contributed by atoms with Gasteiger partial charge < -0.3 is 5.32 Å². The Morgan fingerprint density at radius 1 is 1.14 bits per heavy atom. The van der Waals surface area contributed by atoms with Gasteiger partial charge in [0.2, 0.25) is 0 Å². The summed E-state index contributed by atoms with van der Waals surface area (Å²) in [6.07, 6.45) is 5.35. The average molecular weight is 310 g/mol. The fourth-order valence-electron chi connectivity index (χ4n) is 1.75. The first-order valence-corrected chi connectivity index (χ1v) is 10.9. The van der Waals surface area contributed by atoms with Crippen LogP contribution >= 0.6 is 0 Å². The minimum absolute atomic E-state index is 0.0920. The van der Waals surface area contributed by atoms with Gasteiger partial charge in [-0.05, 0) is 25.1 Å². The molecule has 0 aliphatic carbocycles. The zero-order chi connectivity index (χ0) is 16.0. The smallest absolute Gasteiger partial charge is 0.144 e. The Hall–Kier alpha value is -2.03. The van der Waals surface area contributed by atoms with Gasteiger partial charge in [0.15, 0.2) is 0 Å². The van der Waals surface area contributed by atoms with E-state index in [1.165, 1.54) is 0 Å². The number of nitrogens with one attached hydrogen (secondary N) is 1. The largest absolute Gasteiger partial charge is 0.302 e. The summed E-state index contributed by atoms with van der Waals surface area (Å²) >= 11 is 0. The zero-order valence-electron chi connectivity index (χ0n) is 13.6. The third kappa shape index (κ3) is 5.39. The average Bonchev–Trinajstić information content (AvgIpc) is 2.52. The summed E-state index contributed by atoms with van der Waals surface area (Å²) in [4.78, 5) is 12.9. The number of pyridine rings is 1. The molecule has 0 bridgehead atoms. The van der Waals surface area contributed by atoms with E-state index >= 15 is 0 Å². The van der Waals surface area contributed by atoms with Crippen molar-refractivity contribution in [3.8, 4) is 11.5 Å². The van der Waals surface area contributed by atoms with Gasteiger partial charge in [-0.1, -0.05) is 25.6 Å². The van der Waals surface area contributed by atoms with Gasteiger partial charge in [0.25, 0.3) is 0 Å². The summed E-state index contributed by atoms with van der Waals surface area (Å²) in [6, 6.07) is 5.95. The summed E-state index contributed by atoms with van der Waals surface area (Å²) in [6.45, 7) is 9.43. The Bertz CT molecular complexity index is 651. The van der Waals surface area contributed by atoms with Crippen molar-refractivity contribution >= 4 is 8.07 Å². The van der Waals surface area contributed by atoms with E-state index in [1.54, 1.807) is 12.4 Å². The molecule has 114 valence electrons. The van der Waals surface area contributed by atoms with Crippen LogP contribution in [0.25, 0.3) is 0 Å². The van der Waals surface area contributed by atoms with Gasteiger partial charge >= 0.3 is 0 Å².